The van der Waals surface area contributed by atoms with Gasteiger partial charge in [-0.1, -0.05) is 77.4 Å². The zero-order chi connectivity index (χ0) is 22.3. The van der Waals surface area contributed by atoms with Crippen LogP contribution >= 0.6 is 0 Å². The summed E-state index contributed by atoms with van der Waals surface area (Å²) in [6, 6.07) is 0. The van der Waals surface area contributed by atoms with Crippen LogP contribution in [0.4, 0.5) is 0 Å². The molecule has 1 unspecified atom stereocenters. The van der Waals surface area contributed by atoms with Crippen LogP contribution in [0.25, 0.3) is 0 Å². The van der Waals surface area contributed by atoms with E-state index >= 15 is 0 Å². The summed E-state index contributed by atoms with van der Waals surface area (Å²) in [5, 5.41) is 8.67. The van der Waals surface area contributed by atoms with Gasteiger partial charge < -0.3 is 9.84 Å². The van der Waals surface area contributed by atoms with E-state index in [0.717, 1.165) is 44.9 Å². The van der Waals surface area contributed by atoms with Crippen molar-refractivity contribution in [1.82, 2.24) is 0 Å². The van der Waals surface area contributed by atoms with Crippen LogP contribution in [0.5, 0.6) is 0 Å². The first-order chi connectivity index (χ1) is 14.6. The molecule has 30 heavy (non-hydrogen) atoms. The number of carbonyl (C=O) groups is 2. The van der Waals surface area contributed by atoms with Gasteiger partial charge in [0.25, 0.3) is 0 Å². The van der Waals surface area contributed by atoms with Crippen LogP contribution in [-0.2, 0) is 14.3 Å². The quantitative estimate of drug-likeness (QED) is 0.109. The Kier molecular flexibility index (Phi) is 21.4. The Bertz CT molecular complexity index is 431. The third-order valence-electron chi connectivity index (χ3n) is 5.47. The smallest absolute Gasteiger partial charge is 0.306 e. The Hall–Kier alpha value is -1.32. The van der Waals surface area contributed by atoms with Gasteiger partial charge >= 0.3 is 11.9 Å². The zero-order valence-corrected chi connectivity index (χ0v) is 19.8. The fourth-order valence-corrected chi connectivity index (χ4v) is 3.64. The lowest BCUT2D eigenvalue weighted by Crippen LogP contribution is -2.18. The lowest BCUT2D eigenvalue weighted by molar-refractivity contribution is -0.150. The van der Waals surface area contributed by atoms with Gasteiger partial charge in [-0.3, -0.25) is 9.59 Å². The summed E-state index contributed by atoms with van der Waals surface area (Å²) in [5.74, 6) is -0.800. The molecule has 0 aliphatic carbocycles. The van der Waals surface area contributed by atoms with E-state index in [-0.39, 0.29) is 18.5 Å². The summed E-state index contributed by atoms with van der Waals surface area (Å²) in [7, 11) is 0. The molecule has 4 nitrogen and oxygen atoms in total. The number of unbranched alkanes of at least 4 members (excludes halogenated alkanes) is 11. The van der Waals surface area contributed by atoms with Crippen LogP contribution in [0.3, 0.4) is 0 Å². The van der Waals surface area contributed by atoms with Crippen molar-refractivity contribution in [1.29, 1.82) is 0 Å². The Labute approximate surface area is 185 Å². The summed E-state index contributed by atoms with van der Waals surface area (Å²) in [6.45, 7) is 4.35. The van der Waals surface area contributed by atoms with Gasteiger partial charge in [-0.2, -0.15) is 0 Å². The van der Waals surface area contributed by atoms with E-state index in [0.29, 0.717) is 12.8 Å². The van der Waals surface area contributed by atoms with E-state index in [1.807, 2.05) is 0 Å². The highest BCUT2D eigenvalue weighted by Crippen LogP contribution is 2.15. The predicted molar refractivity (Wildman–Crippen MR) is 126 cm³/mol. The van der Waals surface area contributed by atoms with Gasteiger partial charge in [0.15, 0.2) is 0 Å². The third-order valence-corrected chi connectivity index (χ3v) is 5.47. The van der Waals surface area contributed by atoms with Gasteiger partial charge in [-0.15, -0.1) is 0 Å². The van der Waals surface area contributed by atoms with Gasteiger partial charge in [-0.25, -0.2) is 0 Å². The summed E-state index contributed by atoms with van der Waals surface area (Å²) in [4.78, 5) is 22.6. The van der Waals surface area contributed by atoms with Crippen LogP contribution in [0.1, 0.15) is 136 Å². The second kappa shape index (κ2) is 22.4. The number of allylic oxidation sites excluding steroid dienone is 2. The molecule has 4 heteroatoms. The van der Waals surface area contributed by atoms with Gasteiger partial charge in [0.05, 0.1) is 0 Å². The number of carboxylic acid groups (broad SMARTS) is 1. The molecule has 1 N–H and O–H groups in total. The molecule has 0 heterocycles. The van der Waals surface area contributed by atoms with Crippen LogP contribution in [-0.4, -0.2) is 23.1 Å². The Morgan fingerprint density at radius 3 is 1.90 bits per heavy atom. The molecule has 0 saturated carbocycles. The highest BCUT2D eigenvalue weighted by molar-refractivity contribution is 5.69. The average Bonchev–Trinajstić information content (AvgIpc) is 2.71. The minimum Gasteiger partial charge on any atom is -0.481 e. The minimum atomic E-state index is -0.735. The van der Waals surface area contributed by atoms with Crippen molar-refractivity contribution in [3.63, 3.8) is 0 Å². The second-order valence-corrected chi connectivity index (χ2v) is 8.52. The van der Waals surface area contributed by atoms with Gasteiger partial charge in [0, 0.05) is 12.8 Å². The van der Waals surface area contributed by atoms with Crippen LogP contribution < -0.4 is 0 Å². The summed E-state index contributed by atoms with van der Waals surface area (Å²) in [5.41, 5.74) is 0. The van der Waals surface area contributed by atoms with Crippen molar-refractivity contribution in [2.75, 3.05) is 0 Å². The molecule has 0 aliphatic heterocycles. The van der Waals surface area contributed by atoms with E-state index in [4.69, 9.17) is 9.84 Å². The first-order valence-corrected chi connectivity index (χ1v) is 12.7. The molecule has 0 radical (unpaired) electrons. The SMILES string of the molecule is CCCCCC/C=C\CCCCCCCC(=O)OC(CCC)CCCCCC(=O)O. The number of carboxylic acids is 1. The molecule has 1 atom stereocenters. The van der Waals surface area contributed by atoms with Crippen molar-refractivity contribution < 1.29 is 19.4 Å². The lowest BCUT2D eigenvalue weighted by atomic mass is 10.1. The normalized spacial score (nSPS) is 12.3. The van der Waals surface area contributed by atoms with Gasteiger partial charge in [0.2, 0.25) is 0 Å². The zero-order valence-electron chi connectivity index (χ0n) is 19.8. The van der Waals surface area contributed by atoms with E-state index in [1.54, 1.807) is 0 Å². The molecule has 0 aliphatic rings. The van der Waals surface area contributed by atoms with Crippen LogP contribution in [0.2, 0.25) is 0 Å². The lowest BCUT2D eigenvalue weighted by Gasteiger charge is -2.17. The van der Waals surface area contributed by atoms with E-state index in [2.05, 4.69) is 26.0 Å². The summed E-state index contributed by atoms with van der Waals surface area (Å²) in [6.07, 6.45) is 24.1. The van der Waals surface area contributed by atoms with E-state index < -0.39 is 5.97 Å². The Morgan fingerprint density at radius 1 is 0.700 bits per heavy atom. The molecule has 0 aromatic heterocycles. The molecule has 0 saturated heterocycles. The van der Waals surface area contributed by atoms with Crippen molar-refractivity contribution in [2.45, 2.75) is 142 Å². The molecule has 176 valence electrons. The molecule has 0 bridgehead atoms. The molecule has 0 spiro atoms. The largest absolute Gasteiger partial charge is 0.481 e. The maximum Gasteiger partial charge on any atom is 0.306 e. The fraction of sp³-hybridized carbons (Fsp3) is 0.846. The van der Waals surface area contributed by atoms with E-state index in [9.17, 15) is 9.59 Å². The maximum absolute atomic E-state index is 12.1. The predicted octanol–water partition coefficient (Wildman–Crippen LogP) is 7.99. The molecule has 0 aromatic carbocycles. The summed E-state index contributed by atoms with van der Waals surface area (Å²) >= 11 is 0. The Morgan fingerprint density at radius 2 is 1.27 bits per heavy atom. The number of rotatable bonds is 22. The van der Waals surface area contributed by atoms with Gasteiger partial charge in [-0.05, 0) is 57.8 Å². The van der Waals surface area contributed by atoms with Crippen LogP contribution in [0.15, 0.2) is 12.2 Å². The highest BCUT2D eigenvalue weighted by Gasteiger charge is 2.13. The third kappa shape index (κ3) is 21.4. The average molecular weight is 425 g/mol. The van der Waals surface area contributed by atoms with Crippen LogP contribution in [0, 0.1) is 0 Å². The monoisotopic (exact) mass is 424 g/mol. The first-order valence-electron chi connectivity index (χ1n) is 12.7. The molecular weight excluding hydrogens is 376 g/mol. The number of hydrogen-bond donors (Lipinski definition) is 1. The maximum atomic E-state index is 12.1. The minimum absolute atomic E-state index is 0.00101. The molecular formula is C26H48O4. The van der Waals surface area contributed by atoms with Crippen molar-refractivity contribution in [3.05, 3.63) is 12.2 Å². The highest BCUT2D eigenvalue weighted by atomic mass is 16.5. The van der Waals surface area contributed by atoms with E-state index in [1.165, 1.54) is 57.8 Å². The second-order valence-electron chi connectivity index (χ2n) is 8.52. The molecule has 0 amide bonds. The standard InChI is InChI=1S/C26H48O4/c1-3-5-6-7-8-9-10-11-12-13-14-15-19-23-26(29)30-24(20-4-2)21-17-16-18-22-25(27)28/h9-10,24H,3-8,11-23H2,1-2H3,(H,27,28)/b10-9-. The Balaban J connectivity index is 3.61. The van der Waals surface area contributed by atoms with Crippen molar-refractivity contribution >= 4 is 11.9 Å². The fourth-order valence-electron chi connectivity index (χ4n) is 3.64. The topological polar surface area (TPSA) is 63.6 Å². The number of ether oxygens (including phenoxy) is 1. The molecule has 0 rings (SSSR count). The number of carbonyl (C=O) groups excluding carboxylic acids is 1. The molecule has 0 aromatic rings. The van der Waals surface area contributed by atoms with Crippen molar-refractivity contribution in [2.24, 2.45) is 0 Å². The van der Waals surface area contributed by atoms with Gasteiger partial charge in [0.1, 0.15) is 6.10 Å². The number of esters is 1. The number of hydrogen-bond acceptors (Lipinski definition) is 3. The number of aliphatic carboxylic acids is 1. The first kappa shape index (κ1) is 28.7. The summed E-state index contributed by atoms with van der Waals surface area (Å²) < 4.78 is 5.66. The van der Waals surface area contributed by atoms with Crippen molar-refractivity contribution in [3.8, 4) is 0 Å². The molecule has 0 fully saturated rings.